The molecule has 2 aromatic carbocycles. The minimum absolute atomic E-state index is 0.242. The topological polar surface area (TPSA) is 83.1 Å². The van der Waals surface area contributed by atoms with Crippen LogP contribution in [0.5, 0.6) is 0 Å². The molecule has 4 rings (SSSR count). The first-order valence-electron chi connectivity index (χ1n) is 8.47. The number of thiazole rings is 1. The van der Waals surface area contributed by atoms with Gasteiger partial charge in [0.15, 0.2) is 0 Å². The van der Waals surface area contributed by atoms with Gasteiger partial charge >= 0.3 is 6.03 Å². The van der Waals surface area contributed by atoms with Crippen molar-refractivity contribution in [2.75, 3.05) is 6.54 Å². The molecule has 2 atom stereocenters. The Kier molecular flexibility index (Phi) is 4.72. The monoisotopic (exact) mass is 400 g/mol. The lowest BCUT2D eigenvalue weighted by Crippen LogP contribution is -2.44. The molecule has 1 unspecified atom stereocenters. The highest BCUT2D eigenvalue weighted by atomic mass is 35.5. The van der Waals surface area contributed by atoms with Gasteiger partial charge in [0.05, 0.1) is 21.3 Å². The molecule has 3 aromatic rings. The second-order valence-electron chi connectivity index (χ2n) is 6.36. The van der Waals surface area contributed by atoms with Crippen molar-refractivity contribution in [3.8, 4) is 0 Å². The van der Waals surface area contributed by atoms with Gasteiger partial charge in [0.25, 0.3) is 0 Å². The fourth-order valence-electron chi connectivity index (χ4n) is 3.11. The van der Waals surface area contributed by atoms with Crippen LogP contribution in [0.25, 0.3) is 10.2 Å². The van der Waals surface area contributed by atoms with Gasteiger partial charge in [-0.05, 0) is 42.3 Å². The molecule has 2 heterocycles. The Morgan fingerprint density at radius 1 is 1.26 bits per heavy atom. The summed E-state index contributed by atoms with van der Waals surface area (Å²) in [5.41, 5.74) is 2.79. The summed E-state index contributed by atoms with van der Waals surface area (Å²) in [6.07, 6.45) is 0. The third kappa shape index (κ3) is 3.74. The summed E-state index contributed by atoms with van der Waals surface area (Å²) in [5.74, 6) is -0.242. The van der Waals surface area contributed by atoms with E-state index in [0.717, 1.165) is 26.4 Å². The van der Waals surface area contributed by atoms with Crippen molar-refractivity contribution >= 4 is 45.1 Å². The van der Waals surface area contributed by atoms with Crippen LogP contribution >= 0.6 is 22.9 Å². The van der Waals surface area contributed by atoms with Gasteiger partial charge in [0.2, 0.25) is 5.91 Å². The second kappa shape index (κ2) is 7.17. The van der Waals surface area contributed by atoms with E-state index in [1.807, 2.05) is 37.3 Å². The highest BCUT2D eigenvalue weighted by Crippen LogP contribution is 2.29. The zero-order valence-corrected chi connectivity index (χ0v) is 16.0. The molecule has 6 nitrogen and oxygen atoms in total. The van der Waals surface area contributed by atoms with Crippen LogP contribution in [0.3, 0.4) is 0 Å². The standard InChI is InChI=1S/C19H17ClN4O2S/c1-10-22-14-7-4-12(8-16(14)27-10)17(11-2-5-13(20)6-3-11)24-18(25)15-9-21-19(26)23-15/h2-8,15,17H,9H2,1H3,(H,24,25)(H2,21,23,26)/t15?,17-/m0/s1. The highest BCUT2D eigenvalue weighted by Gasteiger charge is 2.29. The first-order valence-corrected chi connectivity index (χ1v) is 9.66. The van der Waals surface area contributed by atoms with Crippen molar-refractivity contribution < 1.29 is 9.59 Å². The third-order valence-corrected chi connectivity index (χ3v) is 5.62. The summed E-state index contributed by atoms with van der Waals surface area (Å²) in [5, 5.41) is 9.89. The molecular weight excluding hydrogens is 384 g/mol. The Morgan fingerprint density at radius 3 is 2.70 bits per heavy atom. The maximum absolute atomic E-state index is 12.7. The number of aromatic nitrogens is 1. The van der Waals surface area contributed by atoms with Gasteiger partial charge in [-0.25, -0.2) is 9.78 Å². The molecule has 0 bridgehead atoms. The molecule has 3 N–H and O–H groups in total. The number of nitrogens with one attached hydrogen (secondary N) is 3. The number of aryl methyl sites for hydroxylation is 1. The van der Waals surface area contributed by atoms with E-state index in [0.29, 0.717) is 5.02 Å². The van der Waals surface area contributed by atoms with E-state index in [1.165, 1.54) is 0 Å². The van der Waals surface area contributed by atoms with Crippen molar-refractivity contribution in [1.82, 2.24) is 20.9 Å². The smallest absolute Gasteiger partial charge is 0.315 e. The molecule has 3 amide bonds. The van der Waals surface area contributed by atoms with Crippen LogP contribution in [-0.2, 0) is 4.79 Å². The number of carbonyl (C=O) groups is 2. The minimum atomic E-state index is -0.596. The van der Waals surface area contributed by atoms with E-state index in [4.69, 9.17) is 11.6 Å². The van der Waals surface area contributed by atoms with Crippen LogP contribution in [0, 0.1) is 6.92 Å². The number of amides is 3. The second-order valence-corrected chi connectivity index (χ2v) is 8.03. The number of hydrogen-bond acceptors (Lipinski definition) is 4. The molecule has 0 spiro atoms. The van der Waals surface area contributed by atoms with Gasteiger partial charge in [-0.15, -0.1) is 11.3 Å². The maximum atomic E-state index is 12.7. The highest BCUT2D eigenvalue weighted by molar-refractivity contribution is 7.18. The van der Waals surface area contributed by atoms with E-state index < -0.39 is 6.04 Å². The summed E-state index contributed by atoms with van der Waals surface area (Å²) in [7, 11) is 0. The Bertz CT molecular complexity index is 1020. The van der Waals surface area contributed by atoms with Gasteiger partial charge < -0.3 is 16.0 Å². The Hall–Kier alpha value is -2.64. The van der Waals surface area contributed by atoms with Gasteiger partial charge in [-0.3, -0.25) is 4.79 Å². The van der Waals surface area contributed by atoms with E-state index in [-0.39, 0.29) is 24.5 Å². The molecule has 1 fully saturated rings. The lowest BCUT2D eigenvalue weighted by Gasteiger charge is -2.22. The van der Waals surface area contributed by atoms with Gasteiger partial charge in [-0.2, -0.15) is 0 Å². The minimum Gasteiger partial charge on any atom is -0.343 e. The Balaban J connectivity index is 1.69. The van der Waals surface area contributed by atoms with E-state index >= 15 is 0 Å². The fraction of sp³-hybridized carbons (Fsp3) is 0.211. The molecule has 1 aromatic heterocycles. The molecular formula is C19H17ClN4O2S. The summed E-state index contributed by atoms with van der Waals surface area (Å²) in [4.78, 5) is 28.5. The van der Waals surface area contributed by atoms with Crippen LogP contribution in [0.2, 0.25) is 5.02 Å². The zero-order valence-electron chi connectivity index (χ0n) is 14.5. The van der Waals surface area contributed by atoms with Gasteiger partial charge in [0.1, 0.15) is 6.04 Å². The third-order valence-electron chi connectivity index (χ3n) is 4.43. The first kappa shape index (κ1) is 17.8. The average Bonchev–Trinajstić information content (AvgIpc) is 3.24. The predicted molar refractivity (Wildman–Crippen MR) is 106 cm³/mol. The number of nitrogens with zero attached hydrogens (tertiary/aromatic N) is 1. The van der Waals surface area contributed by atoms with Crippen molar-refractivity contribution in [1.29, 1.82) is 0 Å². The van der Waals surface area contributed by atoms with Crippen LogP contribution in [-0.4, -0.2) is 29.5 Å². The van der Waals surface area contributed by atoms with Gasteiger partial charge in [-0.1, -0.05) is 29.8 Å². The first-order chi connectivity index (χ1) is 13.0. The molecule has 0 aliphatic carbocycles. The van der Waals surface area contributed by atoms with Crippen LogP contribution < -0.4 is 16.0 Å². The van der Waals surface area contributed by atoms with E-state index in [2.05, 4.69) is 20.9 Å². The lowest BCUT2D eigenvalue weighted by molar-refractivity contribution is -0.122. The summed E-state index contributed by atoms with van der Waals surface area (Å²) in [6, 6.07) is 12.1. The fourth-order valence-corrected chi connectivity index (χ4v) is 4.11. The van der Waals surface area contributed by atoms with Crippen molar-refractivity contribution in [3.63, 3.8) is 0 Å². The molecule has 0 radical (unpaired) electrons. The van der Waals surface area contributed by atoms with Crippen LogP contribution in [0.4, 0.5) is 4.79 Å². The molecule has 138 valence electrons. The van der Waals surface area contributed by atoms with Crippen LogP contribution in [0.15, 0.2) is 42.5 Å². The van der Waals surface area contributed by atoms with Crippen molar-refractivity contribution in [3.05, 3.63) is 63.6 Å². The van der Waals surface area contributed by atoms with E-state index in [1.54, 1.807) is 23.5 Å². The number of halogens is 1. The number of benzene rings is 2. The van der Waals surface area contributed by atoms with E-state index in [9.17, 15) is 9.59 Å². The molecule has 8 heteroatoms. The Labute approximate surface area is 164 Å². The molecule has 1 aliphatic rings. The lowest BCUT2D eigenvalue weighted by atomic mass is 9.98. The van der Waals surface area contributed by atoms with Crippen molar-refractivity contribution in [2.24, 2.45) is 0 Å². The normalized spacial score (nSPS) is 17.4. The molecule has 0 saturated carbocycles. The van der Waals surface area contributed by atoms with Crippen LogP contribution in [0.1, 0.15) is 22.2 Å². The number of rotatable bonds is 4. The Morgan fingerprint density at radius 2 is 2.00 bits per heavy atom. The number of fused-ring (bicyclic) bond motifs is 1. The number of hydrogen-bond donors (Lipinski definition) is 3. The largest absolute Gasteiger partial charge is 0.343 e. The SMILES string of the molecule is Cc1nc2ccc([C@@H](NC(=O)C3CNC(=O)N3)c3ccc(Cl)cc3)cc2s1. The maximum Gasteiger partial charge on any atom is 0.315 e. The number of carbonyl (C=O) groups excluding carboxylic acids is 2. The molecule has 27 heavy (non-hydrogen) atoms. The summed E-state index contributed by atoms with van der Waals surface area (Å²) < 4.78 is 1.06. The quantitative estimate of drug-likeness (QED) is 0.629. The predicted octanol–water partition coefficient (Wildman–Crippen LogP) is 3.15. The van der Waals surface area contributed by atoms with Crippen molar-refractivity contribution in [2.45, 2.75) is 19.0 Å². The zero-order chi connectivity index (χ0) is 19.0. The average molecular weight is 401 g/mol. The molecule has 1 saturated heterocycles. The number of urea groups is 1. The molecule has 1 aliphatic heterocycles. The summed E-state index contributed by atoms with van der Waals surface area (Å²) in [6.45, 7) is 2.24. The van der Waals surface area contributed by atoms with Gasteiger partial charge in [0, 0.05) is 11.6 Å². The summed E-state index contributed by atoms with van der Waals surface area (Å²) >= 11 is 7.63.